The molecule has 7 heteroatoms. The molecule has 2 rings (SSSR count). The monoisotopic (exact) mass is 318 g/mol. The molecule has 1 heterocycles. The summed E-state index contributed by atoms with van der Waals surface area (Å²) in [7, 11) is 1.50. The molecule has 0 aliphatic heterocycles. The molecule has 7 nitrogen and oxygen atoms in total. The Balaban J connectivity index is 2.25. The minimum absolute atomic E-state index is 0.0159. The molecular formula is C16H18N2O5. The van der Waals surface area contributed by atoms with Crippen molar-refractivity contribution < 1.29 is 19.1 Å². The molecule has 0 fully saturated rings. The average Bonchev–Trinajstić information content (AvgIpc) is 2.53. The fraction of sp³-hybridized carbons (Fsp3) is 0.312. The van der Waals surface area contributed by atoms with E-state index in [1.807, 2.05) is 13.8 Å². The predicted molar refractivity (Wildman–Crippen MR) is 84.0 cm³/mol. The molecule has 1 aromatic carbocycles. The van der Waals surface area contributed by atoms with Gasteiger partial charge in [0.05, 0.1) is 18.1 Å². The average molecular weight is 318 g/mol. The molecule has 0 spiro atoms. The van der Waals surface area contributed by atoms with Crippen molar-refractivity contribution >= 4 is 5.69 Å². The number of pyridine rings is 1. The van der Waals surface area contributed by atoms with Crippen LogP contribution in [0.2, 0.25) is 0 Å². The number of aromatic nitrogens is 1. The lowest BCUT2D eigenvalue weighted by Gasteiger charge is -2.15. The van der Waals surface area contributed by atoms with E-state index >= 15 is 0 Å². The molecule has 0 atom stereocenters. The highest BCUT2D eigenvalue weighted by Crippen LogP contribution is 2.29. The zero-order valence-corrected chi connectivity index (χ0v) is 13.2. The summed E-state index contributed by atoms with van der Waals surface area (Å²) < 4.78 is 16.5. The van der Waals surface area contributed by atoms with Crippen LogP contribution in [0, 0.1) is 10.1 Å². The Labute approximate surface area is 134 Å². The summed E-state index contributed by atoms with van der Waals surface area (Å²) in [6.45, 7) is 3.87. The van der Waals surface area contributed by atoms with E-state index in [0.29, 0.717) is 22.9 Å². The normalized spacial score (nSPS) is 10.4. The maximum Gasteiger partial charge on any atom is 0.270 e. The zero-order chi connectivity index (χ0) is 16.8. The number of non-ortho nitro benzene ring substituents is 1. The number of hydrogen-bond acceptors (Lipinski definition) is 6. The molecule has 0 unspecified atom stereocenters. The summed E-state index contributed by atoms with van der Waals surface area (Å²) in [6, 6.07) is 7.87. The van der Waals surface area contributed by atoms with Crippen LogP contribution in [0.15, 0.2) is 36.5 Å². The van der Waals surface area contributed by atoms with Gasteiger partial charge in [-0.2, -0.15) is 0 Å². The fourth-order valence-corrected chi connectivity index (χ4v) is 1.96. The molecule has 0 saturated carbocycles. The number of hydrogen-bond donors (Lipinski definition) is 0. The number of nitrogens with zero attached hydrogens (tertiary/aromatic N) is 2. The Bertz CT molecular complexity index is 688. The summed E-state index contributed by atoms with van der Waals surface area (Å²) in [6.07, 6.45) is 1.54. The Morgan fingerprint density at radius 3 is 2.70 bits per heavy atom. The Kier molecular flexibility index (Phi) is 5.35. The molecule has 0 N–H and O–H groups in total. The van der Waals surface area contributed by atoms with E-state index in [4.69, 9.17) is 14.2 Å². The second kappa shape index (κ2) is 7.44. The first-order valence-corrected chi connectivity index (χ1v) is 7.07. The molecule has 1 aromatic heterocycles. The molecular weight excluding hydrogens is 300 g/mol. The van der Waals surface area contributed by atoms with Gasteiger partial charge in [0.2, 0.25) is 0 Å². The molecule has 0 saturated heterocycles. The first-order valence-electron chi connectivity index (χ1n) is 7.07. The van der Waals surface area contributed by atoms with Crippen LogP contribution in [-0.4, -0.2) is 23.1 Å². The van der Waals surface area contributed by atoms with Crippen molar-refractivity contribution in [1.82, 2.24) is 4.98 Å². The van der Waals surface area contributed by atoms with Gasteiger partial charge in [0.15, 0.2) is 5.75 Å². The van der Waals surface area contributed by atoms with E-state index in [1.54, 1.807) is 24.4 Å². The van der Waals surface area contributed by atoms with E-state index in [0.717, 1.165) is 0 Å². The molecule has 2 aromatic rings. The van der Waals surface area contributed by atoms with E-state index in [2.05, 4.69) is 4.98 Å². The lowest BCUT2D eigenvalue weighted by Crippen LogP contribution is -2.09. The summed E-state index contributed by atoms with van der Waals surface area (Å²) in [5, 5.41) is 11.0. The number of nitro benzene ring substituents is 1. The van der Waals surface area contributed by atoms with Crippen LogP contribution < -0.4 is 14.2 Å². The number of methoxy groups -OCH3 is 1. The van der Waals surface area contributed by atoms with Crippen molar-refractivity contribution in [2.45, 2.75) is 26.6 Å². The number of benzene rings is 1. The highest BCUT2D eigenvalue weighted by molar-refractivity contribution is 5.44. The van der Waals surface area contributed by atoms with Gasteiger partial charge in [-0.05, 0) is 32.0 Å². The second-order valence-corrected chi connectivity index (χ2v) is 5.02. The Morgan fingerprint density at radius 2 is 2.04 bits per heavy atom. The predicted octanol–water partition coefficient (Wildman–Crippen LogP) is 3.36. The molecule has 122 valence electrons. The van der Waals surface area contributed by atoms with Gasteiger partial charge in [0.1, 0.15) is 12.4 Å². The number of rotatable bonds is 7. The third kappa shape index (κ3) is 4.32. The van der Waals surface area contributed by atoms with Crippen molar-refractivity contribution in [3.8, 4) is 17.4 Å². The van der Waals surface area contributed by atoms with Gasteiger partial charge in [0.25, 0.3) is 11.6 Å². The first-order chi connectivity index (χ1) is 11.0. The smallest absolute Gasteiger partial charge is 0.270 e. The second-order valence-electron chi connectivity index (χ2n) is 5.02. The third-order valence-corrected chi connectivity index (χ3v) is 2.93. The highest BCUT2D eigenvalue weighted by atomic mass is 16.6. The van der Waals surface area contributed by atoms with E-state index < -0.39 is 4.92 Å². The van der Waals surface area contributed by atoms with Gasteiger partial charge in [-0.15, -0.1) is 0 Å². The summed E-state index contributed by atoms with van der Waals surface area (Å²) in [4.78, 5) is 14.5. The largest absolute Gasteiger partial charge is 0.491 e. The maximum atomic E-state index is 11.0. The minimum atomic E-state index is -0.451. The zero-order valence-electron chi connectivity index (χ0n) is 13.2. The van der Waals surface area contributed by atoms with Crippen LogP contribution in [0.4, 0.5) is 5.69 Å². The van der Waals surface area contributed by atoms with Crippen LogP contribution in [0.5, 0.6) is 17.4 Å². The summed E-state index contributed by atoms with van der Waals surface area (Å²) >= 11 is 0. The highest BCUT2D eigenvalue weighted by Gasteiger charge is 2.14. The molecule has 23 heavy (non-hydrogen) atoms. The Morgan fingerprint density at radius 1 is 1.26 bits per heavy atom. The fourth-order valence-electron chi connectivity index (χ4n) is 1.96. The molecule has 0 bridgehead atoms. The first kappa shape index (κ1) is 16.5. The molecule has 0 amide bonds. The van der Waals surface area contributed by atoms with Gasteiger partial charge >= 0.3 is 0 Å². The summed E-state index contributed by atoms with van der Waals surface area (Å²) in [5.41, 5.74) is 0.566. The standard InChI is InChI=1S/C16H18N2O5/c1-11(2)23-14-7-6-13(18(19)20)9-12(14)10-22-15-5-4-8-17-16(15)21-3/h4-9,11H,10H2,1-3H3. The van der Waals surface area contributed by atoms with Gasteiger partial charge in [0, 0.05) is 23.9 Å². The third-order valence-electron chi connectivity index (χ3n) is 2.93. The van der Waals surface area contributed by atoms with Crippen LogP contribution >= 0.6 is 0 Å². The molecule has 0 aliphatic rings. The van der Waals surface area contributed by atoms with Gasteiger partial charge in [-0.1, -0.05) is 0 Å². The Hall–Kier alpha value is -2.83. The van der Waals surface area contributed by atoms with Crippen LogP contribution in [0.1, 0.15) is 19.4 Å². The lowest BCUT2D eigenvalue weighted by molar-refractivity contribution is -0.385. The lowest BCUT2D eigenvalue weighted by atomic mass is 10.2. The minimum Gasteiger partial charge on any atom is -0.491 e. The molecule has 0 aliphatic carbocycles. The van der Waals surface area contributed by atoms with Gasteiger partial charge < -0.3 is 14.2 Å². The number of nitro groups is 1. The topological polar surface area (TPSA) is 83.7 Å². The van der Waals surface area contributed by atoms with E-state index in [1.165, 1.54) is 19.2 Å². The maximum absolute atomic E-state index is 11.0. The van der Waals surface area contributed by atoms with Gasteiger partial charge in [-0.25, -0.2) is 4.98 Å². The van der Waals surface area contributed by atoms with Crippen molar-refractivity contribution in [1.29, 1.82) is 0 Å². The van der Waals surface area contributed by atoms with Crippen molar-refractivity contribution in [2.24, 2.45) is 0 Å². The van der Waals surface area contributed by atoms with Crippen LogP contribution in [-0.2, 0) is 6.61 Å². The van der Waals surface area contributed by atoms with Crippen LogP contribution in [0.3, 0.4) is 0 Å². The van der Waals surface area contributed by atoms with E-state index in [-0.39, 0.29) is 18.4 Å². The van der Waals surface area contributed by atoms with Crippen LogP contribution in [0.25, 0.3) is 0 Å². The quantitative estimate of drug-likeness (QED) is 0.575. The van der Waals surface area contributed by atoms with Crippen molar-refractivity contribution in [3.05, 3.63) is 52.2 Å². The summed E-state index contributed by atoms with van der Waals surface area (Å²) in [5.74, 6) is 1.36. The van der Waals surface area contributed by atoms with Crippen molar-refractivity contribution in [3.63, 3.8) is 0 Å². The van der Waals surface area contributed by atoms with E-state index in [9.17, 15) is 10.1 Å². The number of ether oxygens (including phenoxy) is 3. The molecule has 0 radical (unpaired) electrons. The van der Waals surface area contributed by atoms with Crippen molar-refractivity contribution in [2.75, 3.05) is 7.11 Å². The SMILES string of the molecule is COc1ncccc1OCc1cc([N+](=O)[O-])ccc1OC(C)C. The van der Waals surface area contributed by atoms with Gasteiger partial charge in [-0.3, -0.25) is 10.1 Å².